The van der Waals surface area contributed by atoms with E-state index in [4.69, 9.17) is 9.97 Å². The summed E-state index contributed by atoms with van der Waals surface area (Å²) in [7, 11) is 0. The van der Waals surface area contributed by atoms with Gasteiger partial charge in [0.2, 0.25) is 0 Å². The molecule has 1 unspecified atom stereocenters. The molecular formula is C53H38N4. The SMILES string of the molecule is CC1CC=Cc2c1c1ccccc1n2-c1cc(-c2cc(-c3ccc(-c4ccccc4)cc3)nc(-c3ccccc3)n2)cc(-n2c3ccccc3c3ccccc32)c1. The third-order valence-electron chi connectivity index (χ3n) is 11.6. The summed E-state index contributed by atoms with van der Waals surface area (Å²) in [5, 5.41) is 3.77. The van der Waals surface area contributed by atoms with Gasteiger partial charge in [-0.25, -0.2) is 9.97 Å². The fourth-order valence-electron chi connectivity index (χ4n) is 8.87. The van der Waals surface area contributed by atoms with Crippen LogP contribution in [0, 0.1) is 0 Å². The molecule has 0 amide bonds. The smallest absolute Gasteiger partial charge is 0.160 e. The van der Waals surface area contributed by atoms with Crippen molar-refractivity contribution < 1.29 is 0 Å². The molecule has 0 N–H and O–H groups in total. The highest BCUT2D eigenvalue weighted by molar-refractivity contribution is 6.09. The highest BCUT2D eigenvalue weighted by Crippen LogP contribution is 2.42. The van der Waals surface area contributed by atoms with Gasteiger partial charge >= 0.3 is 0 Å². The highest BCUT2D eigenvalue weighted by atomic mass is 15.0. The second kappa shape index (κ2) is 13.5. The molecule has 0 fully saturated rings. The van der Waals surface area contributed by atoms with Gasteiger partial charge in [0.15, 0.2) is 5.82 Å². The van der Waals surface area contributed by atoms with Gasteiger partial charge in [0, 0.05) is 49.9 Å². The van der Waals surface area contributed by atoms with Gasteiger partial charge in [-0.05, 0) is 77.6 Å². The van der Waals surface area contributed by atoms with Crippen LogP contribution in [0.5, 0.6) is 0 Å². The minimum atomic E-state index is 0.419. The van der Waals surface area contributed by atoms with Crippen molar-refractivity contribution in [3.8, 4) is 56.4 Å². The number of benzene rings is 7. The van der Waals surface area contributed by atoms with Gasteiger partial charge in [-0.2, -0.15) is 0 Å². The maximum absolute atomic E-state index is 5.35. The third-order valence-corrected chi connectivity index (χ3v) is 11.6. The lowest BCUT2D eigenvalue weighted by Gasteiger charge is -2.19. The van der Waals surface area contributed by atoms with E-state index in [1.54, 1.807) is 0 Å². The molecular weight excluding hydrogens is 693 g/mol. The number of para-hydroxylation sites is 3. The number of hydrogen-bond donors (Lipinski definition) is 0. The van der Waals surface area contributed by atoms with E-state index in [0.717, 1.165) is 45.9 Å². The van der Waals surface area contributed by atoms with E-state index in [2.05, 4.69) is 204 Å². The van der Waals surface area contributed by atoms with Gasteiger partial charge in [0.25, 0.3) is 0 Å². The number of allylic oxidation sites excluding steroid dienone is 1. The Morgan fingerprint density at radius 3 is 1.58 bits per heavy atom. The fourth-order valence-corrected chi connectivity index (χ4v) is 8.87. The lowest BCUT2D eigenvalue weighted by atomic mass is 9.91. The van der Waals surface area contributed by atoms with Crippen LogP contribution >= 0.6 is 0 Å². The average molecular weight is 731 g/mol. The maximum atomic E-state index is 5.35. The van der Waals surface area contributed by atoms with Crippen LogP contribution in [-0.2, 0) is 0 Å². The maximum Gasteiger partial charge on any atom is 0.160 e. The third kappa shape index (κ3) is 5.60. The number of nitrogens with zero attached hydrogens (tertiary/aromatic N) is 4. The number of fused-ring (bicyclic) bond motifs is 6. The Bertz CT molecular complexity index is 3100. The molecule has 11 rings (SSSR count). The van der Waals surface area contributed by atoms with Crippen molar-refractivity contribution >= 4 is 38.8 Å². The minimum Gasteiger partial charge on any atom is -0.309 e. The molecule has 3 aromatic heterocycles. The van der Waals surface area contributed by atoms with Crippen molar-refractivity contribution in [3.63, 3.8) is 0 Å². The molecule has 0 saturated heterocycles. The molecule has 7 aromatic carbocycles. The molecule has 1 atom stereocenters. The predicted molar refractivity (Wildman–Crippen MR) is 237 cm³/mol. The van der Waals surface area contributed by atoms with Crippen LogP contribution in [0.4, 0.5) is 0 Å². The first-order chi connectivity index (χ1) is 28.2. The van der Waals surface area contributed by atoms with E-state index in [-0.39, 0.29) is 0 Å². The molecule has 0 spiro atoms. The van der Waals surface area contributed by atoms with Crippen LogP contribution < -0.4 is 0 Å². The Hall–Kier alpha value is -7.30. The van der Waals surface area contributed by atoms with E-state index in [0.29, 0.717) is 11.7 Å². The van der Waals surface area contributed by atoms with Crippen LogP contribution in [-0.4, -0.2) is 19.1 Å². The van der Waals surface area contributed by atoms with Gasteiger partial charge in [-0.15, -0.1) is 0 Å². The van der Waals surface area contributed by atoms with Crippen LogP contribution in [0.15, 0.2) is 188 Å². The Balaban J connectivity index is 1.18. The standard InChI is InChI=1S/C53H38N4/c1-35-15-14-26-51-52(35)45-22-10-13-25-50(45)57(51)42-32-40(31-41(33-42)56-48-23-11-8-20-43(48)44-21-9-12-24-49(44)56)47-34-46(54-53(55-47)39-18-6-3-7-19-39)38-29-27-37(28-30-38)36-16-4-2-5-17-36/h2-14,16-35H,15H2,1H3. The molecule has 3 heterocycles. The quantitative estimate of drug-likeness (QED) is 0.171. The molecule has 0 radical (unpaired) electrons. The summed E-state index contributed by atoms with van der Waals surface area (Å²) in [6.45, 7) is 2.35. The largest absolute Gasteiger partial charge is 0.309 e. The lowest BCUT2D eigenvalue weighted by Crippen LogP contribution is -2.05. The summed E-state index contributed by atoms with van der Waals surface area (Å²) >= 11 is 0. The molecule has 270 valence electrons. The zero-order valence-corrected chi connectivity index (χ0v) is 31.5. The summed E-state index contributed by atoms with van der Waals surface area (Å²) in [5.74, 6) is 1.11. The molecule has 4 heteroatoms. The Labute approximate surface area is 331 Å². The molecule has 1 aliphatic carbocycles. The van der Waals surface area contributed by atoms with Crippen LogP contribution in [0.3, 0.4) is 0 Å². The molecule has 4 nitrogen and oxygen atoms in total. The van der Waals surface area contributed by atoms with Crippen molar-refractivity contribution in [1.82, 2.24) is 19.1 Å². The molecule has 57 heavy (non-hydrogen) atoms. The molecule has 0 aliphatic heterocycles. The first-order valence-electron chi connectivity index (χ1n) is 19.7. The summed E-state index contributed by atoms with van der Waals surface area (Å²) in [6, 6.07) is 65.0. The van der Waals surface area contributed by atoms with Crippen LogP contribution in [0.2, 0.25) is 0 Å². The van der Waals surface area contributed by atoms with Crippen LogP contribution in [0.1, 0.15) is 30.5 Å². The fraction of sp³-hybridized carbons (Fsp3) is 0.0566. The van der Waals surface area contributed by atoms with E-state index in [1.807, 2.05) is 6.07 Å². The number of rotatable bonds is 6. The zero-order chi connectivity index (χ0) is 37.9. The van der Waals surface area contributed by atoms with Gasteiger partial charge in [-0.3, -0.25) is 0 Å². The van der Waals surface area contributed by atoms with Gasteiger partial charge < -0.3 is 9.13 Å². The normalized spacial score (nSPS) is 13.7. The van der Waals surface area contributed by atoms with E-state index in [1.165, 1.54) is 55.1 Å². The van der Waals surface area contributed by atoms with Gasteiger partial charge in [0.1, 0.15) is 0 Å². The minimum absolute atomic E-state index is 0.419. The lowest BCUT2D eigenvalue weighted by molar-refractivity contribution is 0.773. The van der Waals surface area contributed by atoms with E-state index in [9.17, 15) is 0 Å². The molecule has 0 bridgehead atoms. The monoisotopic (exact) mass is 730 g/mol. The summed E-state index contributed by atoms with van der Waals surface area (Å²) < 4.78 is 4.87. The first-order valence-corrected chi connectivity index (χ1v) is 19.7. The zero-order valence-electron chi connectivity index (χ0n) is 31.5. The average Bonchev–Trinajstić information content (AvgIpc) is 3.81. The van der Waals surface area contributed by atoms with Crippen molar-refractivity contribution in [3.05, 3.63) is 199 Å². The second-order valence-electron chi connectivity index (χ2n) is 15.1. The Morgan fingerprint density at radius 1 is 0.439 bits per heavy atom. The van der Waals surface area contributed by atoms with E-state index < -0.39 is 0 Å². The predicted octanol–water partition coefficient (Wildman–Crippen LogP) is 13.7. The number of hydrogen-bond acceptors (Lipinski definition) is 2. The van der Waals surface area contributed by atoms with Gasteiger partial charge in [0.05, 0.1) is 27.9 Å². The molecule has 0 saturated carbocycles. The second-order valence-corrected chi connectivity index (χ2v) is 15.1. The Kier molecular flexibility index (Phi) is 7.82. The van der Waals surface area contributed by atoms with Crippen molar-refractivity contribution in [2.24, 2.45) is 0 Å². The van der Waals surface area contributed by atoms with Crippen molar-refractivity contribution in [1.29, 1.82) is 0 Å². The molecule has 10 aromatic rings. The van der Waals surface area contributed by atoms with E-state index >= 15 is 0 Å². The number of aromatic nitrogens is 4. The summed E-state index contributed by atoms with van der Waals surface area (Å²) in [4.78, 5) is 10.6. The molecule has 1 aliphatic rings. The Morgan fingerprint density at radius 2 is 0.930 bits per heavy atom. The van der Waals surface area contributed by atoms with Crippen molar-refractivity contribution in [2.45, 2.75) is 19.3 Å². The topological polar surface area (TPSA) is 35.6 Å². The van der Waals surface area contributed by atoms with Crippen LogP contribution in [0.25, 0.3) is 95.2 Å². The summed E-state index contributed by atoms with van der Waals surface area (Å²) in [5.41, 5.74) is 15.5. The van der Waals surface area contributed by atoms with Crippen molar-refractivity contribution in [2.75, 3.05) is 0 Å². The summed E-state index contributed by atoms with van der Waals surface area (Å²) in [6.07, 6.45) is 5.68. The van der Waals surface area contributed by atoms with Gasteiger partial charge in [-0.1, -0.05) is 153 Å². The first kappa shape index (κ1) is 33.1. The highest BCUT2D eigenvalue weighted by Gasteiger charge is 2.24.